The van der Waals surface area contributed by atoms with Gasteiger partial charge in [0.05, 0.1) is 13.3 Å². The SMILES string of the molecule is C1CCCN2CN3CN(CC1)CP(C2)C3. The van der Waals surface area contributed by atoms with Crippen LogP contribution in [0.4, 0.5) is 0 Å². The Morgan fingerprint density at radius 3 is 1.67 bits per heavy atom. The summed E-state index contributed by atoms with van der Waals surface area (Å²) in [4.78, 5) is 8.08. The Kier molecular flexibility index (Phi) is 3.25. The minimum Gasteiger partial charge on any atom is -0.286 e. The first-order valence-electron chi connectivity index (χ1n) is 6.29. The van der Waals surface area contributed by atoms with Gasteiger partial charge >= 0.3 is 0 Å². The highest BCUT2D eigenvalue weighted by molar-refractivity contribution is 7.57. The minimum atomic E-state index is 0.282. The van der Waals surface area contributed by atoms with Gasteiger partial charge in [0, 0.05) is 18.9 Å². The number of hydrogen-bond acceptors (Lipinski definition) is 3. The maximum Gasteiger partial charge on any atom is 0.0525 e. The summed E-state index contributed by atoms with van der Waals surface area (Å²) in [5.41, 5.74) is 0. The Bertz CT molecular complexity index is 186. The van der Waals surface area contributed by atoms with Crippen LogP contribution in [0.5, 0.6) is 0 Å². The van der Waals surface area contributed by atoms with E-state index in [1.54, 1.807) is 0 Å². The van der Waals surface area contributed by atoms with Gasteiger partial charge in [-0.25, -0.2) is 0 Å². The number of rotatable bonds is 0. The summed E-state index contributed by atoms with van der Waals surface area (Å²) in [5, 5.41) is 0. The van der Waals surface area contributed by atoms with Crippen molar-refractivity contribution in [2.75, 3.05) is 45.3 Å². The molecule has 0 amide bonds. The normalized spacial score (nSPS) is 46.4. The van der Waals surface area contributed by atoms with E-state index in [0.717, 1.165) is 0 Å². The zero-order chi connectivity index (χ0) is 10.1. The molecule has 2 atom stereocenters. The summed E-state index contributed by atoms with van der Waals surface area (Å²) in [6.07, 6.45) is 10.0. The molecule has 0 aromatic carbocycles. The topological polar surface area (TPSA) is 9.72 Å². The fourth-order valence-corrected chi connectivity index (χ4v) is 5.69. The second-order valence-electron chi connectivity index (χ2n) is 5.25. The molecule has 0 saturated carbocycles. The lowest BCUT2D eigenvalue weighted by atomic mass is 10.2. The van der Waals surface area contributed by atoms with Crippen LogP contribution in [0.25, 0.3) is 0 Å². The largest absolute Gasteiger partial charge is 0.286 e. The van der Waals surface area contributed by atoms with Gasteiger partial charge in [0.25, 0.3) is 0 Å². The van der Waals surface area contributed by atoms with Crippen molar-refractivity contribution >= 4 is 7.92 Å². The van der Waals surface area contributed by atoms with Crippen molar-refractivity contribution in [2.45, 2.75) is 25.7 Å². The fraction of sp³-hybridized carbons (Fsp3) is 1.00. The van der Waals surface area contributed by atoms with Gasteiger partial charge in [0.2, 0.25) is 0 Å². The van der Waals surface area contributed by atoms with E-state index in [-0.39, 0.29) is 7.92 Å². The van der Waals surface area contributed by atoms with Crippen LogP contribution in [-0.2, 0) is 0 Å². The average Bonchev–Trinajstić information content (AvgIpc) is 2.25. The Hall–Kier alpha value is 0.310. The number of hydrogen-bond donors (Lipinski definition) is 0. The van der Waals surface area contributed by atoms with Crippen molar-refractivity contribution in [3.8, 4) is 0 Å². The van der Waals surface area contributed by atoms with Gasteiger partial charge in [0.1, 0.15) is 0 Å². The minimum absolute atomic E-state index is 0.282. The maximum atomic E-state index is 2.71. The first-order chi connectivity index (χ1) is 7.40. The third-order valence-corrected chi connectivity index (χ3v) is 6.10. The molecule has 0 aromatic heterocycles. The second kappa shape index (κ2) is 4.67. The molecule has 4 rings (SSSR count). The monoisotopic (exact) mass is 227 g/mol. The molecular formula is C11H22N3P. The molecule has 0 aromatic rings. The Morgan fingerprint density at radius 1 is 0.600 bits per heavy atom. The predicted molar refractivity (Wildman–Crippen MR) is 65.0 cm³/mol. The number of fused-ring (bicyclic) bond motifs is 5. The van der Waals surface area contributed by atoms with Crippen molar-refractivity contribution in [1.29, 1.82) is 0 Å². The molecule has 86 valence electrons. The van der Waals surface area contributed by atoms with Crippen LogP contribution < -0.4 is 0 Å². The molecule has 4 heterocycles. The lowest BCUT2D eigenvalue weighted by molar-refractivity contribution is 0.0778. The highest BCUT2D eigenvalue weighted by atomic mass is 31.1. The molecule has 0 radical (unpaired) electrons. The molecule has 0 aliphatic carbocycles. The summed E-state index contributed by atoms with van der Waals surface area (Å²) in [5.74, 6) is 0. The Morgan fingerprint density at radius 2 is 1.13 bits per heavy atom. The van der Waals surface area contributed by atoms with E-state index in [0.29, 0.717) is 0 Å². The van der Waals surface area contributed by atoms with E-state index in [1.807, 2.05) is 0 Å². The van der Waals surface area contributed by atoms with E-state index in [4.69, 9.17) is 0 Å². The zero-order valence-electron chi connectivity index (χ0n) is 9.57. The molecule has 4 saturated heterocycles. The van der Waals surface area contributed by atoms with Gasteiger partial charge in [-0.15, -0.1) is 0 Å². The lowest BCUT2D eigenvalue weighted by Gasteiger charge is -2.47. The molecule has 4 heteroatoms. The van der Waals surface area contributed by atoms with E-state index in [1.165, 1.54) is 71.0 Å². The molecule has 15 heavy (non-hydrogen) atoms. The van der Waals surface area contributed by atoms with Crippen LogP contribution in [0.2, 0.25) is 0 Å². The van der Waals surface area contributed by atoms with Crippen LogP contribution in [0.3, 0.4) is 0 Å². The molecule has 4 bridgehead atoms. The highest BCUT2D eigenvalue weighted by Gasteiger charge is 2.31. The summed E-state index contributed by atoms with van der Waals surface area (Å²) < 4.78 is 0. The van der Waals surface area contributed by atoms with E-state index in [2.05, 4.69) is 14.7 Å². The van der Waals surface area contributed by atoms with Gasteiger partial charge in [-0.05, 0) is 25.9 Å². The third-order valence-electron chi connectivity index (χ3n) is 3.70. The van der Waals surface area contributed by atoms with Crippen LogP contribution in [0.15, 0.2) is 0 Å². The summed E-state index contributed by atoms with van der Waals surface area (Å²) in [6.45, 7) is 5.20. The van der Waals surface area contributed by atoms with Gasteiger partial charge < -0.3 is 0 Å². The van der Waals surface area contributed by atoms with Crippen molar-refractivity contribution in [1.82, 2.24) is 14.7 Å². The summed E-state index contributed by atoms with van der Waals surface area (Å²) >= 11 is 0. The van der Waals surface area contributed by atoms with Crippen LogP contribution in [0.1, 0.15) is 25.7 Å². The van der Waals surface area contributed by atoms with Crippen molar-refractivity contribution in [3.05, 3.63) is 0 Å². The lowest BCUT2D eigenvalue weighted by Crippen LogP contribution is -2.53. The predicted octanol–water partition coefficient (Wildman–Crippen LogP) is 1.76. The van der Waals surface area contributed by atoms with Crippen molar-refractivity contribution < 1.29 is 0 Å². The van der Waals surface area contributed by atoms with E-state index >= 15 is 0 Å². The summed E-state index contributed by atoms with van der Waals surface area (Å²) in [6, 6.07) is 0. The molecule has 0 N–H and O–H groups in total. The molecule has 3 nitrogen and oxygen atoms in total. The van der Waals surface area contributed by atoms with Gasteiger partial charge in [0.15, 0.2) is 0 Å². The van der Waals surface area contributed by atoms with Crippen LogP contribution in [-0.4, -0.2) is 60.0 Å². The molecular weight excluding hydrogens is 205 g/mol. The van der Waals surface area contributed by atoms with Crippen LogP contribution >= 0.6 is 7.92 Å². The quantitative estimate of drug-likeness (QED) is 0.584. The highest BCUT2D eigenvalue weighted by Crippen LogP contribution is 2.44. The first kappa shape index (κ1) is 10.5. The van der Waals surface area contributed by atoms with Crippen LogP contribution in [0, 0.1) is 0 Å². The standard InChI is InChI=1S/C11H22N3P/c1-2-4-6-13-8-14-7-12(5-3-1)9-15(10-13)11-14/h1-11H2. The number of nitrogens with zero attached hydrogens (tertiary/aromatic N) is 3. The van der Waals surface area contributed by atoms with Crippen molar-refractivity contribution in [2.24, 2.45) is 0 Å². The average molecular weight is 227 g/mol. The molecule has 4 aliphatic heterocycles. The fourth-order valence-electron chi connectivity index (χ4n) is 3.08. The summed E-state index contributed by atoms with van der Waals surface area (Å²) in [7, 11) is 0.282. The van der Waals surface area contributed by atoms with Gasteiger partial charge in [-0.1, -0.05) is 20.8 Å². The smallest absolute Gasteiger partial charge is 0.0525 e. The Balaban J connectivity index is 1.71. The molecule has 2 unspecified atom stereocenters. The van der Waals surface area contributed by atoms with Crippen molar-refractivity contribution in [3.63, 3.8) is 0 Å². The molecule has 4 fully saturated rings. The van der Waals surface area contributed by atoms with Gasteiger partial charge in [-0.3, -0.25) is 14.7 Å². The molecule has 0 spiro atoms. The molecule has 4 aliphatic rings. The Labute approximate surface area is 94.2 Å². The third kappa shape index (κ3) is 2.52. The zero-order valence-corrected chi connectivity index (χ0v) is 10.5. The maximum absolute atomic E-state index is 2.71. The van der Waals surface area contributed by atoms with Gasteiger partial charge in [-0.2, -0.15) is 0 Å². The first-order valence-corrected chi connectivity index (χ1v) is 8.19. The van der Waals surface area contributed by atoms with E-state index in [9.17, 15) is 0 Å². The second-order valence-corrected chi connectivity index (χ2v) is 7.44. The van der Waals surface area contributed by atoms with E-state index < -0.39 is 0 Å².